The number of carbonyl (C=O) groups is 3. The first-order valence-corrected chi connectivity index (χ1v) is 9.36. The molecular weight excluding hydrogens is 330 g/mol. The zero-order valence-corrected chi connectivity index (χ0v) is 15.5. The third kappa shape index (κ3) is 3.74. The molecule has 6 nitrogen and oxygen atoms in total. The maximum absolute atomic E-state index is 12.7. The Morgan fingerprint density at radius 2 is 1.96 bits per heavy atom. The Kier molecular flexibility index (Phi) is 5.30. The van der Waals surface area contributed by atoms with Crippen molar-refractivity contribution in [3.05, 3.63) is 35.4 Å². The predicted molar refractivity (Wildman–Crippen MR) is 98.5 cm³/mol. The fourth-order valence-electron chi connectivity index (χ4n) is 3.84. The summed E-state index contributed by atoms with van der Waals surface area (Å²) >= 11 is 0. The molecule has 1 saturated carbocycles. The maximum Gasteiger partial charge on any atom is 0.325 e. The van der Waals surface area contributed by atoms with Gasteiger partial charge in [-0.3, -0.25) is 14.5 Å². The van der Waals surface area contributed by atoms with Crippen molar-refractivity contribution in [3.63, 3.8) is 0 Å². The number of amides is 4. The third-order valence-corrected chi connectivity index (χ3v) is 5.65. The van der Waals surface area contributed by atoms with E-state index in [1.54, 1.807) is 0 Å². The lowest BCUT2D eigenvalue weighted by molar-refractivity contribution is -0.136. The summed E-state index contributed by atoms with van der Waals surface area (Å²) in [6.07, 6.45) is 3.87. The van der Waals surface area contributed by atoms with E-state index in [0.717, 1.165) is 24.2 Å². The van der Waals surface area contributed by atoms with Crippen LogP contribution in [-0.2, 0) is 16.0 Å². The molecule has 1 aromatic carbocycles. The van der Waals surface area contributed by atoms with Gasteiger partial charge >= 0.3 is 6.03 Å². The van der Waals surface area contributed by atoms with Crippen molar-refractivity contribution < 1.29 is 14.4 Å². The molecule has 2 fully saturated rings. The van der Waals surface area contributed by atoms with Gasteiger partial charge in [-0.25, -0.2) is 4.79 Å². The van der Waals surface area contributed by atoms with Gasteiger partial charge in [-0.2, -0.15) is 0 Å². The zero-order valence-electron chi connectivity index (χ0n) is 15.5. The minimum atomic E-state index is -0.787. The molecule has 140 valence electrons. The van der Waals surface area contributed by atoms with Crippen LogP contribution in [0, 0.1) is 12.8 Å². The molecule has 6 heteroatoms. The van der Waals surface area contributed by atoms with Crippen LogP contribution in [0.4, 0.5) is 4.79 Å². The second-order valence-corrected chi connectivity index (χ2v) is 7.61. The van der Waals surface area contributed by atoms with Crippen LogP contribution in [0.3, 0.4) is 0 Å². The number of nitrogens with zero attached hydrogens (tertiary/aromatic N) is 1. The maximum atomic E-state index is 12.7. The largest absolute Gasteiger partial charge is 0.354 e. The summed E-state index contributed by atoms with van der Waals surface area (Å²) in [5.74, 6) is 0.0240. The van der Waals surface area contributed by atoms with E-state index >= 15 is 0 Å². The summed E-state index contributed by atoms with van der Waals surface area (Å²) in [6.45, 7) is 4.47. The van der Waals surface area contributed by atoms with Gasteiger partial charge in [0, 0.05) is 6.54 Å². The number of aryl methyl sites for hydroxylation is 1. The van der Waals surface area contributed by atoms with E-state index in [2.05, 4.69) is 17.6 Å². The number of urea groups is 1. The van der Waals surface area contributed by atoms with E-state index in [1.165, 1.54) is 11.1 Å². The molecule has 1 aromatic rings. The van der Waals surface area contributed by atoms with E-state index in [-0.39, 0.29) is 18.4 Å². The molecule has 0 aromatic heterocycles. The molecule has 1 heterocycles. The van der Waals surface area contributed by atoms with Gasteiger partial charge in [0.05, 0.1) is 0 Å². The minimum absolute atomic E-state index is 0.213. The molecule has 1 aliphatic carbocycles. The van der Waals surface area contributed by atoms with E-state index in [9.17, 15) is 14.4 Å². The molecule has 3 rings (SSSR count). The van der Waals surface area contributed by atoms with Gasteiger partial charge in [-0.1, -0.05) is 31.2 Å². The Morgan fingerprint density at radius 1 is 1.27 bits per heavy atom. The standard InChI is InChI=1S/C20H27N3O3/c1-14-7-10-20(11-8-14)18(25)23(19(26)22-20)13-17(24)21-12-9-16-6-4-3-5-15(16)2/h3-6,14H,7-13H2,1-2H3,(H,21,24)(H,22,26). The van der Waals surface area contributed by atoms with Crippen molar-refractivity contribution in [2.24, 2.45) is 5.92 Å². The van der Waals surface area contributed by atoms with Gasteiger partial charge in [0.2, 0.25) is 5.91 Å². The Hall–Kier alpha value is -2.37. The first-order chi connectivity index (χ1) is 12.4. The summed E-state index contributed by atoms with van der Waals surface area (Å²) in [7, 11) is 0. The van der Waals surface area contributed by atoms with Crippen LogP contribution in [0.25, 0.3) is 0 Å². The molecule has 1 saturated heterocycles. The summed E-state index contributed by atoms with van der Waals surface area (Å²) in [4.78, 5) is 38.2. The highest BCUT2D eigenvalue weighted by Gasteiger charge is 2.52. The molecule has 2 N–H and O–H groups in total. The molecule has 1 spiro atoms. The Morgan fingerprint density at radius 3 is 2.65 bits per heavy atom. The topological polar surface area (TPSA) is 78.5 Å². The quantitative estimate of drug-likeness (QED) is 0.793. The first-order valence-electron chi connectivity index (χ1n) is 9.36. The van der Waals surface area contributed by atoms with Crippen molar-refractivity contribution in [2.45, 2.75) is 51.5 Å². The van der Waals surface area contributed by atoms with Crippen LogP contribution in [0.15, 0.2) is 24.3 Å². The van der Waals surface area contributed by atoms with Crippen LogP contribution >= 0.6 is 0 Å². The predicted octanol–water partition coefficient (Wildman–Crippen LogP) is 2.15. The van der Waals surface area contributed by atoms with E-state index in [1.807, 2.05) is 31.2 Å². The van der Waals surface area contributed by atoms with Crippen molar-refractivity contribution in [1.29, 1.82) is 0 Å². The van der Waals surface area contributed by atoms with Crippen LogP contribution in [0.2, 0.25) is 0 Å². The number of hydrogen-bond acceptors (Lipinski definition) is 3. The highest BCUT2D eigenvalue weighted by Crippen LogP contribution is 2.36. The monoisotopic (exact) mass is 357 g/mol. The van der Waals surface area contributed by atoms with Crippen LogP contribution in [0.1, 0.15) is 43.7 Å². The van der Waals surface area contributed by atoms with Gasteiger partial charge in [0.1, 0.15) is 12.1 Å². The summed E-state index contributed by atoms with van der Waals surface area (Å²) in [5, 5.41) is 5.65. The zero-order chi connectivity index (χ0) is 18.7. The molecule has 2 aliphatic rings. The highest BCUT2D eigenvalue weighted by atomic mass is 16.2. The normalized spacial score (nSPS) is 25.5. The lowest BCUT2D eigenvalue weighted by Gasteiger charge is -2.33. The van der Waals surface area contributed by atoms with Gasteiger partial charge in [0.25, 0.3) is 5.91 Å². The van der Waals surface area contributed by atoms with Crippen molar-refractivity contribution in [3.8, 4) is 0 Å². The Labute approximate surface area is 154 Å². The van der Waals surface area contributed by atoms with Crippen LogP contribution in [-0.4, -0.2) is 41.4 Å². The minimum Gasteiger partial charge on any atom is -0.354 e. The van der Waals surface area contributed by atoms with Gasteiger partial charge in [0.15, 0.2) is 0 Å². The molecule has 26 heavy (non-hydrogen) atoms. The molecular formula is C20H27N3O3. The third-order valence-electron chi connectivity index (χ3n) is 5.65. The second kappa shape index (κ2) is 7.48. The number of hydrogen-bond donors (Lipinski definition) is 2. The number of benzene rings is 1. The van der Waals surface area contributed by atoms with Crippen LogP contribution in [0.5, 0.6) is 0 Å². The molecule has 4 amide bonds. The smallest absolute Gasteiger partial charge is 0.325 e. The first kappa shape index (κ1) is 18.4. The molecule has 0 atom stereocenters. The highest BCUT2D eigenvalue weighted by molar-refractivity contribution is 6.09. The molecule has 0 unspecified atom stereocenters. The van der Waals surface area contributed by atoms with Gasteiger partial charge in [-0.15, -0.1) is 0 Å². The summed E-state index contributed by atoms with van der Waals surface area (Å²) < 4.78 is 0. The Balaban J connectivity index is 1.52. The number of nitrogens with one attached hydrogen (secondary N) is 2. The lowest BCUT2D eigenvalue weighted by atomic mass is 9.77. The molecule has 0 radical (unpaired) electrons. The van der Waals surface area contributed by atoms with E-state index < -0.39 is 11.6 Å². The number of rotatable bonds is 5. The van der Waals surface area contributed by atoms with E-state index in [4.69, 9.17) is 0 Å². The summed E-state index contributed by atoms with van der Waals surface area (Å²) in [6, 6.07) is 7.58. The van der Waals surface area contributed by atoms with Crippen LogP contribution < -0.4 is 10.6 Å². The average Bonchev–Trinajstić information content (AvgIpc) is 2.84. The number of carbonyl (C=O) groups excluding carboxylic acids is 3. The molecule has 0 bridgehead atoms. The SMILES string of the molecule is Cc1ccccc1CCNC(=O)CN1C(=O)NC2(CCC(C)CC2)C1=O. The van der Waals surface area contributed by atoms with Crippen molar-refractivity contribution in [1.82, 2.24) is 15.5 Å². The lowest BCUT2D eigenvalue weighted by Crippen LogP contribution is -2.50. The average molecular weight is 357 g/mol. The van der Waals surface area contributed by atoms with Crippen molar-refractivity contribution >= 4 is 17.8 Å². The van der Waals surface area contributed by atoms with E-state index in [0.29, 0.717) is 25.3 Å². The summed E-state index contributed by atoms with van der Waals surface area (Å²) in [5.41, 5.74) is 1.58. The fourth-order valence-corrected chi connectivity index (χ4v) is 3.84. The number of imide groups is 1. The Bertz CT molecular complexity index is 708. The molecule has 1 aliphatic heterocycles. The van der Waals surface area contributed by atoms with Gasteiger partial charge in [-0.05, 0) is 56.1 Å². The second-order valence-electron chi connectivity index (χ2n) is 7.61. The van der Waals surface area contributed by atoms with Gasteiger partial charge < -0.3 is 10.6 Å². The van der Waals surface area contributed by atoms with Crippen molar-refractivity contribution in [2.75, 3.05) is 13.1 Å². The fraction of sp³-hybridized carbons (Fsp3) is 0.550.